The van der Waals surface area contributed by atoms with Crippen LogP contribution < -0.4 is 10.6 Å². The Morgan fingerprint density at radius 3 is 2.63 bits per heavy atom. The number of carbonyl (C=O) groups is 2. The average Bonchev–Trinajstić information content (AvgIpc) is 3.09. The molecule has 1 aliphatic rings. The molecule has 5 nitrogen and oxygen atoms in total. The molecule has 1 aliphatic heterocycles. The normalized spacial score (nSPS) is 16.3. The molecule has 0 unspecified atom stereocenters. The lowest BCUT2D eigenvalue weighted by Crippen LogP contribution is -2.42. The van der Waals surface area contributed by atoms with Crippen LogP contribution in [0, 0.1) is 0 Å². The van der Waals surface area contributed by atoms with Crippen LogP contribution in [0.25, 0.3) is 0 Å². The van der Waals surface area contributed by atoms with E-state index in [1.54, 1.807) is 12.1 Å². The van der Waals surface area contributed by atoms with Gasteiger partial charge in [-0.15, -0.1) is 0 Å². The maximum Gasteiger partial charge on any atom is 0.326 e. The van der Waals surface area contributed by atoms with Gasteiger partial charge in [-0.25, -0.2) is 4.79 Å². The van der Waals surface area contributed by atoms with Gasteiger partial charge in [0.05, 0.1) is 0 Å². The van der Waals surface area contributed by atoms with E-state index in [9.17, 15) is 14.7 Å². The highest BCUT2D eigenvalue weighted by molar-refractivity contribution is 5.96. The minimum Gasteiger partial charge on any atom is -0.480 e. The number of fused-ring (bicyclic) bond motifs is 1. The Kier molecular flexibility index (Phi) is 6.12. The molecule has 2 aromatic carbocycles. The lowest BCUT2D eigenvalue weighted by Gasteiger charge is -2.18. The van der Waals surface area contributed by atoms with E-state index in [-0.39, 0.29) is 11.8 Å². The lowest BCUT2D eigenvalue weighted by molar-refractivity contribution is -0.139. The predicted octanol–water partition coefficient (Wildman–Crippen LogP) is 3.81. The number of aliphatic carboxylic acids is 1. The first kappa shape index (κ1) is 19.0. The molecule has 142 valence electrons. The topological polar surface area (TPSA) is 78.4 Å². The van der Waals surface area contributed by atoms with E-state index >= 15 is 0 Å². The zero-order chi connectivity index (χ0) is 19.2. The number of nitrogens with one attached hydrogen (secondary N) is 2. The van der Waals surface area contributed by atoms with Crippen molar-refractivity contribution in [1.82, 2.24) is 5.32 Å². The summed E-state index contributed by atoms with van der Waals surface area (Å²) < 4.78 is 0. The van der Waals surface area contributed by atoms with Gasteiger partial charge in [-0.05, 0) is 48.6 Å². The number of unbranched alkanes of at least 4 members (excludes halogenated alkanes) is 1. The summed E-state index contributed by atoms with van der Waals surface area (Å²) in [4.78, 5) is 24.2. The highest BCUT2D eigenvalue weighted by Gasteiger charge is 2.29. The standard InChI is InChI=1S/C22H26N2O3/c1-2-3-6-15-9-11-16(12-10-15)21(25)24-20(22(26)27)13-17-14-23-19-8-5-4-7-18(17)19/h4-5,7-12,17,20,23H,2-3,6,13-14H2,1H3,(H,24,25)(H,26,27)/t17-,20+/m1/s1. The number of amides is 1. The van der Waals surface area contributed by atoms with Crippen LogP contribution in [0.2, 0.25) is 0 Å². The second-order valence-electron chi connectivity index (χ2n) is 7.07. The average molecular weight is 366 g/mol. The summed E-state index contributed by atoms with van der Waals surface area (Å²) in [6, 6.07) is 14.4. The first-order chi connectivity index (χ1) is 13.1. The smallest absolute Gasteiger partial charge is 0.326 e. The van der Waals surface area contributed by atoms with Crippen molar-refractivity contribution < 1.29 is 14.7 Å². The fourth-order valence-electron chi connectivity index (χ4n) is 3.52. The molecule has 0 aromatic heterocycles. The maximum absolute atomic E-state index is 12.5. The molecule has 0 saturated heterocycles. The Morgan fingerprint density at radius 1 is 1.19 bits per heavy atom. The Balaban J connectivity index is 1.64. The van der Waals surface area contributed by atoms with Crippen LogP contribution in [0.5, 0.6) is 0 Å². The van der Waals surface area contributed by atoms with Crippen LogP contribution in [0.4, 0.5) is 5.69 Å². The Hall–Kier alpha value is -2.82. The molecule has 2 atom stereocenters. The van der Waals surface area contributed by atoms with Gasteiger partial charge in [0, 0.05) is 23.7 Å². The molecular weight excluding hydrogens is 340 g/mol. The Bertz CT molecular complexity index is 801. The van der Waals surface area contributed by atoms with Crippen molar-refractivity contribution in [3.63, 3.8) is 0 Å². The van der Waals surface area contributed by atoms with Gasteiger partial charge in [-0.1, -0.05) is 43.7 Å². The number of carboxylic acids is 1. The summed E-state index contributed by atoms with van der Waals surface area (Å²) in [7, 11) is 0. The fraction of sp³-hybridized carbons (Fsp3) is 0.364. The van der Waals surface area contributed by atoms with Crippen molar-refractivity contribution in [1.29, 1.82) is 0 Å². The van der Waals surface area contributed by atoms with Gasteiger partial charge in [-0.2, -0.15) is 0 Å². The molecule has 0 fully saturated rings. The molecule has 1 amide bonds. The summed E-state index contributed by atoms with van der Waals surface area (Å²) in [5.41, 5.74) is 3.84. The molecule has 5 heteroatoms. The van der Waals surface area contributed by atoms with Gasteiger partial charge in [0.1, 0.15) is 6.04 Å². The predicted molar refractivity (Wildman–Crippen MR) is 106 cm³/mol. The number of benzene rings is 2. The van der Waals surface area contributed by atoms with E-state index in [1.165, 1.54) is 5.56 Å². The number of carboxylic acid groups (broad SMARTS) is 1. The molecule has 27 heavy (non-hydrogen) atoms. The largest absolute Gasteiger partial charge is 0.480 e. The maximum atomic E-state index is 12.5. The second kappa shape index (κ2) is 8.71. The first-order valence-corrected chi connectivity index (χ1v) is 9.54. The molecule has 0 radical (unpaired) electrons. The van der Waals surface area contributed by atoms with Crippen LogP contribution >= 0.6 is 0 Å². The zero-order valence-corrected chi connectivity index (χ0v) is 15.6. The van der Waals surface area contributed by atoms with E-state index in [4.69, 9.17) is 0 Å². The lowest BCUT2D eigenvalue weighted by atomic mass is 9.93. The zero-order valence-electron chi connectivity index (χ0n) is 15.6. The second-order valence-corrected chi connectivity index (χ2v) is 7.07. The van der Waals surface area contributed by atoms with E-state index in [0.717, 1.165) is 30.5 Å². The highest BCUT2D eigenvalue weighted by Crippen LogP contribution is 2.34. The summed E-state index contributed by atoms with van der Waals surface area (Å²) in [6.07, 6.45) is 3.59. The highest BCUT2D eigenvalue weighted by atomic mass is 16.4. The quantitative estimate of drug-likeness (QED) is 0.664. The van der Waals surface area contributed by atoms with Crippen LogP contribution in [-0.4, -0.2) is 29.6 Å². The van der Waals surface area contributed by atoms with Gasteiger partial charge in [0.25, 0.3) is 5.91 Å². The Labute approximate surface area is 159 Å². The molecule has 0 aliphatic carbocycles. The third-order valence-electron chi connectivity index (χ3n) is 5.10. The number of aryl methyl sites for hydroxylation is 1. The van der Waals surface area contributed by atoms with Crippen molar-refractivity contribution in [2.24, 2.45) is 0 Å². The minimum absolute atomic E-state index is 0.0685. The van der Waals surface area contributed by atoms with Crippen molar-refractivity contribution in [3.8, 4) is 0 Å². The molecule has 0 saturated carbocycles. The van der Waals surface area contributed by atoms with Crippen molar-refractivity contribution in [2.75, 3.05) is 11.9 Å². The minimum atomic E-state index is -1.01. The van der Waals surface area contributed by atoms with Crippen LogP contribution in [0.3, 0.4) is 0 Å². The number of hydrogen-bond acceptors (Lipinski definition) is 3. The molecule has 1 heterocycles. The van der Waals surface area contributed by atoms with Crippen molar-refractivity contribution >= 4 is 17.6 Å². The van der Waals surface area contributed by atoms with Crippen molar-refractivity contribution in [3.05, 3.63) is 65.2 Å². The van der Waals surface area contributed by atoms with Gasteiger partial charge < -0.3 is 15.7 Å². The van der Waals surface area contributed by atoms with E-state index in [0.29, 0.717) is 18.5 Å². The number of para-hydroxylation sites is 1. The van der Waals surface area contributed by atoms with Gasteiger partial charge in [0.15, 0.2) is 0 Å². The van der Waals surface area contributed by atoms with Crippen LogP contribution in [0.15, 0.2) is 48.5 Å². The van der Waals surface area contributed by atoms with E-state index < -0.39 is 12.0 Å². The number of anilines is 1. The third kappa shape index (κ3) is 4.67. The molecule has 0 bridgehead atoms. The number of hydrogen-bond donors (Lipinski definition) is 3. The van der Waals surface area contributed by atoms with Crippen LogP contribution in [-0.2, 0) is 11.2 Å². The monoisotopic (exact) mass is 366 g/mol. The molecule has 2 aromatic rings. The van der Waals surface area contributed by atoms with E-state index in [1.807, 2.05) is 36.4 Å². The Morgan fingerprint density at radius 2 is 1.93 bits per heavy atom. The molecule has 0 spiro atoms. The van der Waals surface area contributed by atoms with Gasteiger partial charge >= 0.3 is 5.97 Å². The number of rotatable bonds is 8. The summed E-state index contributed by atoms with van der Waals surface area (Å²) >= 11 is 0. The fourth-order valence-corrected chi connectivity index (χ4v) is 3.52. The van der Waals surface area contributed by atoms with Gasteiger partial charge in [0.2, 0.25) is 0 Å². The van der Waals surface area contributed by atoms with Crippen LogP contribution in [0.1, 0.15) is 53.6 Å². The van der Waals surface area contributed by atoms with Gasteiger partial charge in [-0.3, -0.25) is 4.79 Å². The molecular formula is C22H26N2O3. The molecule has 3 N–H and O–H groups in total. The molecule has 3 rings (SSSR count). The summed E-state index contributed by atoms with van der Waals surface area (Å²) in [5.74, 6) is -1.28. The summed E-state index contributed by atoms with van der Waals surface area (Å²) in [5, 5.41) is 15.6. The first-order valence-electron chi connectivity index (χ1n) is 9.54. The van der Waals surface area contributed by atoms with Crippen molar-refractivity contribution in [2.45, 2.75) is 44.6 Å². The summed E-state index contributed by atoms with van der Waals surface area (Å²) in [6.45, 7) is 2.83. The van der Waals surface area contributed by atoms with E-state index in [2.05, 4.69) is 17.6 Å². The SMILES string of the molecule is CCCCc1ccc(C(=O)N[C@@H](C[C@@H]2CNc3ccccc32)C(=O)O)cc1. The number of carbonyl (C=O) groups excluding carboxylic acids is 1. The third-order valence-corrected chi connectivity index (χ3v) is 5.10.